The first-order chi connectivity index (χ1) is 6.29. The van der Waals surface area contributed by atoms with E-state index >= 15 is 0 Å². The highest BCUT2D eigenvalue weighted by Gasteiger charge is 2.18. The molecule has 1 fully saturated rings. The van der Waals surface area contributed by atoms with Crippen molar-refractivity contribution in [2.24, 2.45) is 0 Å². The van der Waals surface area contributed by atoms with E-state index in [9.17, 15) is 0 Å². The molecule has 0 saturated carbocycles. The predicted molar refractivity (Wildman–Crippen MR) is 64.1 cm³/mol. The van der Waals surface area contributed by atoms with E-state index in [0.717, 1.165) is 12.5 Å². The molecule has 0 aliphatic carbocycles. The van der Waals surface area contributed by atoms with Gasteiger partial charge in [-0.3, -0.25) is 0 Å². The standard InChI is InChI=1S/C11H14IN/c1-8-3-2-4-10(11(8)12)9-5-6-13-7-9/h2-4,9,13H,5-7H2,1H3. The van der Waals surface area contributed by atoms with E-state index in [1.54, 1.807) is 0 Å². The Morgan fingerprint density at radius 3 is 3.00 bits per heavy atom. The molecule has 0 aromatic heterocycles. The summed E-state index contributed by atoms with van der Waals surface area (Å²) >= 11 is 2.47. The van der Waals surface area contributed by atoms with E-state index in [0.29, 0.717) is 0 Å². The third-order valence-corrected chi connectivity index (χ3v) is 4.20. The summed E-state index contributed by atoms with van der Waals surface area (Å²) < 4.78 is 1.45. The van der Waals surface area contributed by atoms with Gasteiger partial charge in [0.1, 0.15) is 0 Å². The average Bonchev–Trinajstić information content (AvgIpc) is 2.62. The quantitative estimate of drug-likeness (QED) is 0.783. The summed E-state index contributed by atoms with van der Waals surface area (Å²) in [7, 11) is 0. The molecular formula is C11H14IN. The molecule has 13 heavy (non-hydrogen) atoms. The van der Waals surface area contributed by atoms with Crippen LogP contribution in [0.3, 0.4) is 0 Å². The van der Waals surface area contributed by atoms with Crippen LogP contribution in [0.1, 0.15) is 23.5 Å². The zero-order valence-corrected chi connectivity index (χ0v) is 9.97. The van der Waals surface area contributed by atoms with Gasteiger partial charge in [-0.1, -0.05) is 18.2 Å². The Morgan fingerprint density at radius 1 is 1.46 bits per heavy atom. The number of nitrogens with one attached hydrogen (secondary N) is 1. The molecule has 1 aliphatic rings. The van der Waals surface area contributed by atoms with Crippen molar-refractivity contribution < 1.29 is 0 Å². The number of hydrogen-bond acceptors (Lipinski definition) is 1. The van der Waals surface area contributed by atoms with Crippen molar-refractivity contribution in [2.45, 2.75) is 19.3 Å². The van der Waals surface area contributed by atoms with Gasteiger partial charge in [-0.2, -0.15) is 0 Å². The van der Waals surface area contributed by atoms with Crippen LogP contribution in [0.25, 0.3) is 0 Å². The highest BCUT2D eigenvalue weighted by molar-refractivity contribution is 14.1. The normalized spacial score (nSPS) is 22.2. The summed E-state index contributed by atoms with van der Waals surface area (Å²) in [4.78, 5) is 0. The van der Waals surface area contributed by atoms with Gasteiger partial charge in [0.05, 0.1) is 0 Å². The molecule has 0 bridgehead atoms. The van der Waals surface area contributed by atoms with E-state index in [-0.39, 0.29) is 0 Å². The average molecular weight is 287 g/mol. The smallest absolute Gasteiger partial charge is 0.0194 e. The number of hydrogen-bond donors (Lipinski definition) is 1. The molecule has 0 radical (unpaired) electrons. The van der Waals surface area contributed by atoms with E-state index < -0.39 is 0 Å². The van der Waals surface area contributed by atoms with Crippen LogP contribution in [0.2, 0.25) is 0 Å². The van der Waals surface area contributed by atoms with Gasteiger partial charge in [-0.15, -0.1) is 0 Å². The molecule has 1 N–H and O–H groups in total. The summed E-state index contributed by atoms with van der Waals surface area (Å²) in [5, 5.41) is 3.41. The maximum absolute atomic E-state index is 3.41. The lowest BCUT2D eigenvalue weighted by molar-refractivity contribution is 0.758. The molecule has 1 aromatic carbocycles. The van der Waals surface area contributed by atoms with E-state index in [4.69, 9.17) is 0 Å². The lowest BCUT2D eigenvalue weighted by atomic mass is 9.97. The molecule has 0 spiro atoms. The summed E-state index contributed by atoms with van der Waals surface area (Å²) in [6.45, 7) is 4.52. The van der Waals surface area contributed by atoms with Crippen LogP contribution >= 0.6 is 22.6 Å². The van der Waals surface area contributed by atoms with Crippen molar-refractivity contribution in [2.75, 3.05) is 13.1 Å². The second kappa shape index (κ2) is 3.96. The van der Waals surface area contributed by atoms with Gasteiger partial charge in [0, 0.05) is 10.1 Å². The summed E-state index contributed by atoms with van der Waals surface area (Å²) in [6.07, 6.45) is 1.29. The molecule has 2 heteroatoms. The molecule has 1 aromatic rings. The summed E-state index contributed by atoms with van der Waals surface area (Å²) in [5.41, 5.74) is 2.94. The zero-order chi connectivity index (χ0) is 9.26. The Bertz CT molecular complexity index is 303. The molecule has 1 heterocycles. The van der Waals surface area contributed by atoms with Crippen molar-refractivity contribution in [3.05, 3.63) is 32.9 Å². The minimum atomic E-state index is 0.742. The molecule has 1 aliphatic heterocycles. The number of benzene rings is 1. The fourth-order valence-electron chi connectivity index (χ4n) is 1.91. The molecule has 1 unspecified atom stereocenters. The van der Waals surface area contributed by atoms with Gasteiger partial charge in [0.2, 0.25) is 0 Å². The topological polar surface area (TPSA) is 12.0 Å². The Hall–Kier alpha value is -0.0900. The Morgan fingerprint density at radius 2 is 2.31 bits per heavy atom. The van der Waals surface area contributed by atoms with Gasteiger partial charge in [0.25, 0.3) is 0 Å². The number of halogens is 1. The third kappa shape index (κ3) is 1.89. The lowest BCUT2D eigenvalue weighted by Gasteiger charge is -2.12. The van der Waals surface area contributed by atoms with Crippen LogP contribution < -0.4 is 5.32 Å². The molecule has 2 rings (SSSR count). The number of rotatable bonds is 1. The van der Waals surface area contributed by atoms with Crippen LogP contribution in [0.15, 0.2) is 18.2 Å². The van der Waals surface area contributed by atoms with Crippen molar-refractivity contribution in [3.63, 3.8) is 0 Å². The minimum absolute atomic E-state index is 0.742. The molecule has 70 valence electrons. The maximum atomic E-state index is 3.41. The van der Waals surface area contributed by atoms with Crippen LogP contribution in [-0.4, -0.2) is 13.1 Å². The first-order valence-electron chi connectivity index (χ1n) is 4.75. The molecule has 0 amide bonds. The van der Waals surface area contributed by atoms with Crippen molar-refractivity contribution in [1.82, 2.24) is 5.32 Å². The molecular weight excluding hydrogens is 273 g/mol. The maximum Gasteiger partial charge on any atom is 0.0194 e. The fraction of sp³-hybridized carbons (Fsp3) is 0.455. The molecule has 1 atom stereocenters. The predicted octanol–water partition coefficient (Wildman–Crippen LogP) is 2.68. The van der Waals surface area contributed by atoms with Crippen molar-refractivity contribution in [3.8, 4) is 0 Å². The Balaban J connectivity index is 2.33. The zero-order valence-electron chi connectivity index (χ0n) is 7.81. The van der Waals surface area contributed by atoms with E-state index in [1.807, 2.05) is 0 Å². The number of aryl methyl sites for hydroxylation is 1. The first-order valence-corrected chi connectivity index (χ1v) is 5.82. The fourth-order valence-corrected chi connectivity index (χ4v) is 2.71. The second-order valence-corrected chi connectivity index (χ2v) is 4.75. The van der Waals surface area contributed by atoms with Gasteiger partial charge in [0.15, 0.2) is 0 Å². The van der Waals surface area contributed by atoms with E-state index in [1.165, 1.54) is 27.7 Å². The third-order valence-electron chi connectivity index (χ3n) is 2.72. The van der Waals surface area contributed by atoms with Gasteiger partial charge >= 0.3 is 0 Å². The Labute approximate surface area is 93.1 Å². The van der Waals surface area contributed by atoms with Gasteiger partial charge in [-0.25, -0.2) is 0 Å². The lowest BCUT2D eigenvalue weighted by Crippen LogP contribution is -2.09. The largest absolute Gasteiger partial charge is 0.316 e. The van der Waals surface area contributed by atoms with Crippen LogP contribution in [0.5, 0.6) is 0 Å². The highest BCUT2D eigenvalue weighted by Crippen LogP contribution is 2.28. The van der Waals surface area contributed by atoms with Crippen LogP contribution in [0.4, 0.5) is 0 Å². The van der Waals surface area contributed by atoms with Crippen LogP contribution in [-0.2, 0) is 0 Å². The highest BCUT2D eigenvalue weighted by atomic mass is 127. The summed E-state index contributed by atoms with van der Waals surface area (Å²) in [5.74, 6) is 0.742. The van der Waals surface area contributed by atoms with Crippen LogP contribution in [0, 0.1) is 10.5 Å². The van der Waals surface area contributed by atoms with Gasteiger partial charge in [-0.05, 0) is 59.5 Å². The van der Waals surface area contributed by atoms with Gasteiger partial charge < -0.3 is 5.32 Å². The first kappa shape index (κ1) is 9.46. The SMILES string of the molecule is Cc1cccc(C2CCNC2)c1I. The Kier molecular flexibility index (Phi) is 2.89. The van der Waals surface area contributed by atoms with Crippen molar-refractivity contribution >= 4 is 22.6 Å². The van der Waals surface area contributed by atoms with E-state index in [2.05, 4.69) is 53.0 Å². The monoisotopic (exact) mass is 287 g/mol. The summed E-state index contributed by atoms with van der Waals surface area (Å²) in [6, 6.07) is 6.63. The molecule has 1 saturated heterocycles. The van der Waals surface area contributed by atoms with Crippen molar-refractivity contribution in [1.29, 1.82) is 0 Å². The molecule has 1 nitrogen and oxygen atoms in total. The second-order valence-electron chi connectivity index (χ2n) is 3.67. The minimum Gasteiger partial charge on any atom is -0.316 e.